The van der Waals surface area contributed by atoms with Crippen molar-refractivity contribution in [3.8, 4) is 0 Å². The number of nitrogens with zero attached hydrogens (tertiary/aromatic N) is 2. The molecule has 0 aliphatic carbocycles. The Hall–Kier alpha value is -0.870. The highest BCUT2D eigenvalue weighted by molar-refractivity contribution is 6.29. The molecule has 4 nitrogen and oxygen atoms in total. The quantitative estimate of drug-likeness (QED) is 0.762. The maximum Gasteiger partial charge on any atom is 0.255 e. The molecular weight excluding hydrogens is 240 g/mol. The van der Waals surface area contributed by atoms with E-state index in [0.29, 0.717) is 12.4 Å². The lowest BCUT2D eigenvalue weighted by Crippen LogP contribution is -2.30. The fraction of sp³-hybridized carbons (Fsp3) is 0.667. The Kier molecular flexibility index (Phi) is 3.27. The molecule has 2 heterocycles. The van der Waals surface area contributed by atoms with Gasteiger partial charge in [0.2, 0.25) is 0 Å². The monoisotopic (exact) mass is 256 g/mol. The second-order valence-corrected chi connectivity index (χ2v) is 5.50. The highest BCUT2D eigenvalue weighted by Crippen LogP contribution is 2.29. The van der Waals surface area contributed by atoms with Gasteiger partial charge >= 0.3 is 0 Å². The van der Waals surface area contributed by atoms with Gasteiger partial charge in [0.15, 0.2) is 0 Å². The topological polar surface area (TPSA) is 44.1 Å². The minimum absolute atomic E-state index is 0.0813. The van der Waals surface area contributed by atoms with E-state index in [1.54, 1.807) is 11.5 Å². The Bertz CT molecular complexity index is 482. The number of aryl methyl sites for hydroxylation is 1. The highest BCUT2D eigenvalue weighted by atomic mass is 35.5. The summed E-state index contributed by atoms with van der Waals surface area (Å²) in [5.41, 5.74) is -0.196. The molecule has 0 saturated carbocycles. The van der Waals surface area contributed by atoms with E-state index in [-0.39, 0.29) is 22.4 Å². The van der Waals surface area contributed by atoms with Crippen molar-refractivity contribution >= 4 is 11.6 Å². The van der Waals surface area contributed by atoms with Crippen LogP contribution in [-0.4, -0.2) is 21.3 Å². The van der Waals surface area contributed by atoms with Gasteiger partial charge in [0.1, 0.15) is 11.0 Å². The van der Waals surface area contributed by atoms with Gasteiger partial charge in [0.25, 0.3) is 5.56 Å². The van der Waals surface area contributed by atoms with Crippen LogP contribution in [0, 0.1) is 6.92 Å². The lowest BCUT2D eigenvalue weighted by molar-refractivity contribution is -0.0224. The summed E-state index contributed by atoms with van der Waals surface area (Å²) in [5, 5.41) is 0.247. The van der Waals surface area contributed by atoms with Gasteiger partial charge in [0, 0.05) is 6.07 Å². The molecule has 1 aromatic rings. The standard InChI is InChI=1S/C12H17ClN2O2/c1-8-14-10(13)6-11(16)15(8)7-9-4-5-12(2,3)17-9/h6,9H,4-5,7H2,1-3H3. The molecule has 0 radical (unpaired) electrons. The third kappa shape index (κ3) is 2.87. The predicted molar refractivity (Wildman–Crippen MR) is 66.4 cm³/mol. The minimum Gasteiger partial charge on any atom is -0.370 e. The summed E-state index contributed by atoms with van der Waals surface area (Å²) in [4.78, 5) is 15.9. The zero-order chi connectivity index (χ0) is 12.6. The van der Waals surface area contributed by atoms with Crippen molar-refractivity contribution in [1.29, 1.82) is 0 Å². The van der Waals surface area contributed by atoms with E-state index in [4.69, 9.17) is 16.3 Å². The van der Waals surface area contributed by atoms with E-state index in [1.807, 2.05) is 0 Å². The van der Waals surface area contributed by atoms with Crippen molar-refractivity contribution < 1.29 is 4.74 Å². The molecule has 0 bridgehead atoms. The second-order valence-electron chi connectivity index (χ2n) is 5.11. The summed E-state index contributed by atoms with van der Waals surface area (Å²) in [6, 6.07) is 1.34. The molecule has 1 unspecified atom stereocenters. The third-order valence-corrected chi connectivity index (χ3v) is 3.30. The van der Waals surface area contributed by atoms with Crippen molar-refractivity contribution in [3.05, 3.63) is 27.4 Å². The van der Waals surface area contributed by atoms with Crippen LogP contribution in [0.2, 0.25) is 5.15 Å². The first-order valence-corrected chi connectivity index (χ1v) is 6.17. The maximum atomic E-state index is 11.8. The van der Waals surface area contributed by atoms with Crippen molar-refractivity contribution in [3.63, 3.8) is 0 Å². The van der Waals surface area contributed by atoms with Crippen LogP contribution in [0.4, 0.5) is 0 Å². The minimum atomic E-state index is -0.115. The van der Waals surface area contributed by atoms with Crippen LogP contribution in [0.3, 0.4) is 0 Å². The molecule has 1 atom stereocenters. The fourth-order valence-electron chi connectivity index (χ4n) is 2.22. The molecule has 1 aliphatic heterocycles. The van der Waals surface area contributed by atoms with E-state index < -0.39 is 0 Å². The highest BCUT2D eigenvalue weighted by Gasteiger charge is 2.32. The van der Waals surface area contributed by atoms with Crippen LogP contribution in [0.15, 0.2) is 10.9 Å². The number of rotatable bonds is 2. The van der Waals surface area contributed by atoms with Crippen molar-refractivity contribution in [2.75, 3.05) is 0 Å². The molecule has 94 valence electrons. The SMILES string of the molecule is Cc1nc(Cl)cc(=O)n1CC1CCC(C)(C)O1. The van der Waals surface area contributed by atoms with Gasteiger partial charge in [-0.25, -0.2) is 4.98 Å². The van der Waals surface area contributed by atoms with Crippen LogP contribution in [0.25, 0.3) is 0 Å². The van der Waals surface area contributed by atoms with Crippen molar-refractivity contribution in [2.45, 2.75) is 51.9 Å². The molecule has 17 heavy (non-hydrogen) atoms. The first-order valence-electron chi connectivity index (χ1n) is 5.79. The Morgan fingerprint density at radius 1 is 1.65 bits per heavy atom. The fourth-order valence-corrected chi connectivity index (χ4v) is 2.43. The molecule has 1 saturated heterocycles. The van der Waals surface area contributed by atoms with Crippen LogP contribution in [-0.2, 0) is 11.3 Å². The average molecular weight is 257 g/mol. The molecule has 5 heteroatoms. The van der Waals surface area contributed by atoms with E-state index in [9.17, 15) is 4.79 Å². The first-order chi connectivity index (χ1) is 7.87. The zero-order valence-corrected chi connectivity index (χ0v) is 11.1. The van der Waals surface area contributed by atoms with Crippen LogP contribution in [0.5, 0.6) is 0 Å². The maximum absolute atomic E-state index is 11.8. The lowest BCUT2D eigenvalue weighted by atomic mass is 10.1. The van der Waals surface area contributed by atoms with E-state index >= 15 is 0 Å². The molecule has 2 rings (SSSR count). The van der Waals surface area contributed by atoms with E-state index in [0.717, 1.165) is 12.8 Å². The third-order valence-electron chi connectivity index (χ3n) is 3.11. The second kappa shape index (κ2) is 4.42. The predicted octanol–water partition coefficient (Wildman–Crippen LogP) is 2.16. The number of hydrogen-bond donors (Lipinski definition) is 0. The van der Waals surface area contributed by atoms with Gasteiger partial charge < -0.3 is 4.74 Å². The first kappa shape index (κ1) is 12.6. The summed E-state index contributed by atoms with van der Waals surface area (Å²) in [5.74, 6) is 0.635. The van der Waals surface area contributed by atoms with Gasteiger partial charge in [-0.1, -0.05) is 11.6 Å². The zero-order valence-electron chi connectivity index (χ0n) is 10.4. The van der Waals surface area contributed by atoms with Gasteiger partial charge in [-0.05, 0) is 33.6 Å². The Balaban J connectivity index is 2.18. The largest absolute Gasteiger partial charge is 0.370 e. The van der Waals surface area contributed by atoms with Crippen molar-refractivity contribution in [2.24, 2.45) is 0 Å². The Labute approximate surface area is 106 Å². The number of aromatic nitrogens is 2. The molecule has 0 spiro atoms. The van der Waals surface area contributed by atoms with Gasteiger partial charge in [-0.2, -0.15) is 0 Å². The average Bonchev–Trinajstić information content (AvgIpc) is 2.52. The lowest BCUT2D eigenvalue weighted by Gasteiger charge is -2.20. The molecular formula is C12H17ClN2O2. The van der Waals surface area contributed by atoms with Crippen molar-refractivity contribution in [1.82, 2.24) is 9.55 Å². The van der Waals surface area contributed by atoms with Gasteiger partial charge in [-0.3, -0.25) is 9.36 Å². The summed E-state index contributed by atoms with van der Waals surface area (Å²) in [7, 11) is 0. The normalized spacial score (nSPS) is 22.9. The summed E-state index contributed by atoms with van der Waals surface area (Å²) in [6.07, 6.45) is 2.08. The van der Waals surface area contributed by atoms with Crippen LogP contribution in [0.1, 0.15) is 32.5 Å². The van der Waals surface area contributed by atoms with Crippen LogP contribution < -0.4 is 5.56 Å². The number of halogens is 1. The molecule has 0 N–H and O–H groups in total. The molecule has 1 aliphatic rings. The summed E-state index contributed by atoms with van der Waals surface area (Å²) in [6.45, 7) is 6.48. The van der Waals surface area contributed by atoms with E-state index in [2.05, 4.69) is 18.8 Å². The van der Waals surface area contributed by atoms with Gasteiger partial charge in [-0.15, -0.1) is 0 Å². The van der Waals surface area contributed by atoms with E-state index in [1.165, 1.54) is 6.07 Å². The smallest absolute Gasteiger partial charge is 0.255 e. The summed E-state index contributed by atoms with van der Waals surface area (Å²) >= 11 is 5.73. The number of ether oxygens (including phenoxy) is 1. The van der Waals surface area contributed by atoms with Gasteiger partial charge in [0.05, 0.1) is 18.2 Å². The Morgan fingerprint density at radius 2 is 2.35 bits per heavy atom. The molecule has 1 aromatic heterocycles. The Morgan fingerprint density at radius 3 is 2.88 bits per heavy atom. The van der Waals surface area contributed by atoms with Crippen LogP contribution >= 0.6 is 11.6 Å². The molecule has 0 aromatic carbocycles. The number of hydrogen-bond acceptors (Lipinski definition) is 3. The molecule has 0 amide bonds. The summed E-state index contributed by atoms with van der Waals surface area (Å²) < 4.78 is 7.50. The molecule has 1 fully saturated rings.